The van der Waals surface area contributed by atoms with E-state index in [2.05, 4.69) is 5.32 Å². The smallest absolute Gasteiger partial charge is 0.385 e. The first kappa shape index (κ1) is 19.2. The van der Waals surface area contributed by atoms with Crippen LogP contribution in [0.15, 0.2) is 30.3 Å². The van der Waals surface area contributed by atoms with Crippen LogP contribution in [0.25, 0.3) is 0 Å². The molecule has 1 saturated carbocycles. The lowest BCUT2D eigenvalue weighted by Gasteiger charge is -2.52. The molecule has 1 aromatic rings. The van der Waals surface area contributed by atoms with Crippen LogP contribution in [-0.2, 0) is 10.4 Å². The average Bonchev–Trinajstić information content (AvgIpc) is 2.62. The van der Waals surface area contributed by atoms with E-state index in [9.17, 15) is 23.1 Å². The molecular formula is C19H25F3N2O2. The summed E-state index contributed by atoms with van der Waals surface area (Å²) in [6.07, 6.45) is -0.372. The second kappa shape index (κ2) is 7.56. The van der Waals surface area contributed by atoms with Gasteiger partial charge in [-0.3, -0.25) is 4.79 Å². The predicted molar refractivity (Wildman–Crippen MR) is 91.3 cm³/mol. The van der Waals surface area contributed by atoms with Crippen LogP contribution in [0.2, 0.25) is 0 Å². The highest BCUT2D eigenvalue weighted by molar-refractivity contribution is 5.78. The topological polar surface area (TPSA) is 52.6 Å². The summed E-state index contributed by atoms with van der Waals surface area (Å²) < 4.78 is 36.9. The first-order chi connectivity index (χ1) is 12.3. The number of fused-ring (bicyclic) bond motifs is 1. The second-order valence-electron chi connectivity index (χ2n) is 7.30. The highest BCUT2D eigenvalue weighted by Gasteiger charge is 2.50. The predicted octanol–water partition coefficient (Wildman–Crippen LogP) is 2.82. The highest BCUT2D eigenvalue weighted by Crippen LogP contribution is 2.46. The molecule has 4 nitrogen and oxygen atoms in total. The first-order valence-electron chi connectivity index (χ1n) is 9.16. The summed E-state index contributed by atoms with van der Waals surface area (Å²) in [6.45, 7) is -1.14. The Balaban J connectivity index is 1.73. The van der Waals surface area contributed by atoms with Crippen LogP contribution in [-0.4, -0.2) is 47.8 Å². The van der Waals surface area contributed by atoms with Crippen molar-refractivity contribution in [1.29, 1.82) is 0 Å². The van der Waals surface area contributed by atoms with Gasteiger partial charge in [0.05, 0.1) is 18.7 Å². The number of halogens is 3. The van der Waals surface area contributed by atoms with Gasteiger partial charge in [0.2, 0.25) is 5.91 Å². The van der Waals surface area contributed by atoms with E-state index in [4.69, 9.17) is 0 Å². The number of nitrogens with one attached hydrogen (secondary N) is 1. The van der Waals surface area contributed by atoms with Crippen molar-refractivity contribution in [2.45, 2.75) is 49.9 Å². The van der Waals surface area contributed by atoms with Gasteiger partial charge in [-0.2, -0.15) is 13.2 Å². The zero-order valence-corrected chi connectivity index (χ0v) is 14.6. The van der Waals surface area contributed by atoms with Gasteiger partial charge in [-0.15, -0.1) is 0 Å². The maximum absolute atomic E-state index is 12.5. The van der Waals surface area contributed by atoms with E-state index < -0.39 is 18.3 Å². The number of piperidine rings is 1. The number of benzene rings is 1. The fourth-order valence-electron chi connectivity index (χ4n) is 4.49. The van der Waals surface area contributed by atoms with Gasteiger partial charge in [0.15, 0.2) is 0 Å². The number of carbonyl (C=O) groups is 1. The number of aliphatic hydroxyl groups is 1. The van der Waals surface area contributed by atoms with Gasteiger partial charge in [0.1, 0.15) is 0 Å². The molecule has 1 saturated heterocycles. The molecule has 144 valence electrons. The van der Waals surface area contributed by atoms with Gasteiger partial charge in [0.25, 0.3) is 0 Å². The maximum Gasteiger partial charge on any atom is 0.401 e. The second-order valence-corrected chi connectivity index (χ2v) is 7.30. The summed E-state index contributed by atoms with van der Waals surface area (Å²) in [5.74, 6) is -0.403. The Hall–Kier alpha value is -1.60. The summed E-state index contributed by atoms with van der Waals surface area (Å²) in [6, 6.07) is 9.38. The Labute approximate surface area is 151 Å². The number of alkyl halides is 3. The van der Waals surface area contributed by atoms with Crippen LogP contribution in [0.5, 0.6) is 0 Å². The van der Waals surface area contributed by atoms with Crippen molar-refractivity contribution in [3.05, 3.63) is 35.9 Å². The van der Waals surface area contributed by atoms with Crippen molar-refractivity contribution < 1.29 is 23.1 Å². The number of likely N-dealkylation sites (tertiary alicyclic amines) is 1. The summed E-state index contributed by atoms with van der Waals surface area (Å²) in [5.41, 5.74) is -0.123. The Morgan fingerprint density at radius 1 is 1.23 bits per heavy atom. The van der Waals surface area contributed by atoms with E-state index in [-0.39, 0.29) is 24.4 Å². The number of nitrogens with zero attached hydrogens (tertiary/aromatic N) is 1. The molecule has 0 bridgehead atoms. The van der Waals surface area contributed by atoms with Gasteiger partial charge >= 0.3 is 6.18 Å². The van der Waals surface area contributed by atoms with E-state index in [1.54, 1.807) is 4.90 Å². The zero-order chi connectivity index (χ0) is 18.8. The molecule has 0 spiro atoms. The summed E-state index contributed by atoms with van der Waals surface area (Å²) in [7, 11) is 0. The van der Waals surface area contributed by atoms with Crippen molar-refractivity contribution in [2.24, 2.45) is 5.92 Å². The Kier molecular flexibility index (Phi) is 5.58. The van der Waals surface area contributed by atoms with E-state index in [0.29, 0.717) is 13.0 Å². The molecule has 1 unspecified atom stereocenters. The molecule has 2 N–H and O–H groups in total. The average molecular weight is 370 g/mol. The first-order valence-corrected chi connectivity index (χ1v) is 9.16. The molecule has 3 rings (SSSR count). The third-order valence-electron chi connectivity index (χ3n) is 5.67. The van der Waals surface area contributed by atoms with E-state index in [1.807, 2.05) is 30.3 Å². The minimum Gasteiger partial charge on any atom is -0.385 e. The van der Waals surface area contributed by atoms with E-state index in [1.165, 1.54) is 0 Å². The Morgan fingerprint density at radius 3 is 2.62 bits per heavy atom. The van der Waals surface area contributed by atoms with Crippen molar-refractivity contribution in [3.63, 3.8) is 0 Å². The van der Waals surface area contributed by atoms with Crippen molar-refractivity contribution in [3.8, 4) is 0 Å². The molecule has 1 amide bonds. The lowest BCUT2D eigenvalue weighted by Crippen LogP contribution is -2.60. The third kappa shape index (κ3) is 4.04. The van der Waals surface area contributed by atoms with Gasteiger partial charge < -0.3 is 15.3 Å². The van der Waals surface area contributed by atoms with Gasteiger partial charge in [-0.1, -0.05) is 43.2 Å². The molecule has 0 aromatic heterocycles. The summed E-state index contributed by atoms with van der Waals surface area (Å²) in [4.78, 5) is 14.2. The van der Waals surface area contributed by atoms with Crippen LogP contribution in [0.1, 0.15) is 37.7 Å². The van der Waals surface area contributed by atoms with E-state index in [0.717, 1.165) is 31.2 Å². The molecule has 7 heteroatoms. The van der Waals surface area contributed by atoms with Gasteiger partial charge in [-0.25, -0.2) is 0 Å². The minimum absolute atomic E-state index is 0.0843. The van der Waals surface area contributed by atoms with Crippen LogP contribution in [0.4, 0.5) is 13.2 Å². The maximum atomic E-state index is 12.5. The molecule has 0 radical (unpaired) electrons. The fourth-order valence-corrected chi connectivity index (χ4v) is 4.49. The molecule has 1 aromatic carbocycles. The van der Waals surface area contributed by atoms with Gasteiger partial charge in [-0.05, 0) is 24.8 Å². The highest BCUT2D eigenvalue weighted by atomic mass is 19.4. The normalized spacial score (nSPS) is 29.3. The van der Waals surface area contributed by atoms with Crippen LogP contribution in [0, 0.1) is 5.92 Å². The van der Waals surface area contributed by atoms with Crippen LogP contribution < -0.4 is 5.32 Å². The number of rotatable bonds is 4. The Morgan fingerprint density at radius 2 is 1.92 bits per heavy atom. The molecule has 1 aliphatic carbocycles. The summed E-state index contributed by atoms with van der Waals surface area (Å²) >= 11 is 0. The Bertz CT molecular complexity index is 623. The SMILES string of the molecule is O=C(CNCC(F)(F)F)N1CCC(O)(c2ccccc2)[C@H]2CCCC[C@H]21. The molecule has 1 aliphatic heterocycles. The quantitative estimate of drug-likeness (QED) is 0.857. The van der Waals surface area contributed by atoms with Crippen LogP contribution >= 0.6 is 0 Å². The molecule has 1 heterocycles. The molecule has 26 heavy (non-hydrogen) atoms. The van der Waals surface area contributed by atoms with Gasteiger partial charge in [0, 0.05) is 18.5 Å². The fraction of sp³-hybridized carbons (Fsp3) is 0.632. The molecule has 2 fully saturated rings. The number of carbonyl (C=O) groups excluding carboxylic acids is 1. The molecule has 3 atom stereocenters. The zero-order valence-electron chi connectivity index (χ0n) is 14.6. The lowest BCUT2D eigenvalue weighted by atomic mass is 9.66. The summed E-state index contributed by atoms with van der Waals surface area (Å²) in [5, 5.41) is 13.6. The standard InChI is InChI=1S/C19H25F3N2O2/c20-19(21,22)13-23-12-17(25)24-11-10-18(26,14-6-2-1-3-7-14)15-8-4-5-9-16(15)24/h1-3,6-7,15-16,23,26H,4-5,8-13H2/t15-,16+,18?/m0/s1. The number of amides is 1. The molecular weight excluding hydrogens is 345 g/mol. The lowest BCUT2D eigenvalue weighted by molar-refractivity contribution is -0.155. The van der Waals surface area contributed by atoms with Crippen molar-refractivity contribution in [2.75, 3.05) is 19.6 Å². The number of hydrogen-bond donors (Lipinski definition) is 2. The largest absolute Gasteiger partial charge is 0.401 e. The van der Waals surface area contributed by atoms with Crippen LogP contribution in [0.3, 0.4) is 0 Å². The number of hydrogen-bond acceptors (Lipinski definition) is 3. The minimum atomic E-state index is -4.33. The van der Waals surface area contributed by atoms with E-state index >= 15 is 0 Å². The van der Waals surface area contributed by atoms with Crippen molar-refractivity contribution >= 4 is 5.91 Å². The molecule has 2 aliphatic rings. The van der Waals surface area contributed by atoms with Crippen molar-refractivity contribution in [1.82, 2.24) is 10.2 Å². The monoisotopic (exact) mass is 370 g/mol. The third-order valence-corrected chi connectivity index (χ3v) is 5.67.